The number of nitrogens with zero attached hydrogens (tertiary/aromatic N) is 1. The largest absolute Gasteiger partial charge is 0.325 e. The number of aryl methyl sites for hydroxylation is 1. The molecule has 24 heavy (non-hydrogen) atoms. The standard InChI is InChI=1S/C14H19ClN2O5S2/c1-10-3-4-11(15)7-13(10)16-14(18)8-17(23(2,19)20)12-5-6-24(21,22)9-12/h3-4,7,12H,5-6,8-9H2,1-2H3,(H,16,18). The van der Waals surface area contributed by atoms with E-state index in [9.17, 15) is 21.6 Å². The molecule has 1 aliphatic rings. The van der Waals surface area contributed by atoms with Gasteiger partial charge in [-0.3, -0.25) is 4.79 Å². The molecule has 1 fully saturated rings. The first kappa shape index (κ1) is 19.2. The number of sulfone groups is 1. The summed E-state index contributed by atoms with van der Waals surface area (Å²) in [6, 6.07) is 4.27. The maximum Gasteiger partial charge on any atom is 0.239 e. The summed E-state index contributed by atoms with van der Waals surface area (Å²) in [6.07, 6.45) is 1.16. The van der Waals surface area contributed by atoms with E-state index in [4.69, 9.17) is 11.6 Å². The van der Waals surface area contributed by atoms with Crippen LogP contribution in [0.5, 0.6) is 0 Å². The van der Waals surface area contributed by atoms with E-state index in [-0.39, 0.29) is 17.9 Å². The van der Waals surface area contributed by atoms with Crippen molar-refractivity contribution < 1.29 is 21.6 Å². The Hall–Kier alpha value is -1.16. The van der Waals surface area contributed by atoms with Gasteiger partial charge in [0.15, 0.2) is 9.84 Å². The molecular weight excluding hydrogens is 376 g/mol. The van der Waals surface area contributed by atoms with Gasteiger partial charge in [0, 0.05) is 16.8 Å². The average Bonchev–Trinajstić information content (AvgIpc) is 2.79. The minimum absolute atomic E-state index is 0.0707. The molecule has 1 aliphatic heterocycles. The second-order valence-corrected chi connectivity index (χ2v) is 10.5. The van der Waals surface area contributed by atoms with Crippen LogP contribution in [0, 0.1) is 6.92 Å². The van der Waals surface area contributed by atoms with Gasteiger partial charge in [-0.15, -0.1) is 0 Å². The molecule has 2 rings (SSSR count). The molecule has 0 spiro atoms. The Labute approximate surface area is 147 Å². The lowest BCUT2D eigenvalue weighted by molar-refractivity contribution is -0.116. The van der Waals surface area contributed by atoms with Crippen molar-refractivity contribution in [1.29, 1.82) is 0 Å². The van der Waals surface area contributed by atoms with Gasteiger partial charge in [0.05, 0.1) is 24.3 Å². The van der Waals surface area contributed by atoms with Crippen LogP contribution in [0.3, 0.4) is 0 Å². The van der Waals surface area contributed by atoms with Crippen molar-refractivity contribution in [3.8, 4) is 0 Å². The van der Waals surface area contributed by atoms with Gasteiger partial charge in [0.25, 0.3) is 0 Å². The number of hydrogen-bond donors (Lipinski definition) is 1. The van der Waals surface area contributed by atoms with Gasteiger partial charge in [-0.25, -0.2) is 16.8 Å². The number of benzene rings is 1. The summed E-state index contributed by atoms with van der Waals surface area (Å²) in [5, 5.41) is 3.06. The van der Waals surface area contributed by atoms with E-state index >= 15 is 0 Å². The topological polar surface area (TPSA) is 101 Å². The van der Waals surface area contributed by atoms with E-state index in [0.717, 1.165) is 16.1 Å². The summed E-state index contributed by atoms with van der Waals surface area (Å²) in [4.78, 5) is 12.2. The molecule has 1 aromatic rings. The van der Waals surface area contributed by atoms with Crippen LogP contribution in [0.4, 0.5) is 5.69 Å². The van der Waals surface area contributed by atoms with Gasteiger partial charge in [-0.2, -0.15) is 4.31 Å². The van der Waals surface area contributed by atoms with Crippen LogP contribution in [-0.2, 0) is 24.7 Å². The van der Waals surface area contributed by atoms with E-state index in [2.05, 4.69) is 5.32 Å². The van der Waals surface area contributed by atoms with Gasteiger partial charge >= 0.3 is 0 Å². The fraction of sp³-hybridized carbons (Fsp3) is 0.500. The molecule has 1 atom stereocenters. The highest BCUT2D eigenvalue weighted by molar-refractivity contribution is 7.92. The zero-order valence-electron chi connectivity index (χ0n) is 13.3. The number of carbonyl (C=O) groups is 1. The Balaban J connectivity index is 2.15. The summed E-state index contributed by atoms with van der Waals surface area (Å²) in [5.74, 6) is -0.877. The molecular formula is C14H19ClN2O5S2. The number of anilines is 1. The molecule has 1 unspecified atom stereocenters. The normalized spacial score (nSPS) is 20.2. The average molecular weight is 395 g/mol. The Morgan fingerprint density at radius 1 is 1.42 bits per heavy atom. The highest BCUT2D eigenvalue weighted by Gasteiger charge is 2.37. The van der Waals surface area contributed by atoms with E-state index in [1.165, 1.54) is 0 Å². The summed E-state index contributed by atoms with van der Waals surface area (Å²) in [7, 11) is -6.99. The predicted octanol–water partition coefficient (Wildman–Crippen LogP) is 1.04. The molecule has 1 heterocycles. The van der Waals surface area contributed by atoms with E-state index in [1.807, 2.05) is 0 Å². The van der Waals surface area contributed by atoms with E-state index < -0.39 is 38.4 Å². The molecule has 1 N–H and O–H groups in total. The molecule has 1 saturated heterocycles. The minimum Gasteiger partial charge on any atom is -0.325 e. The third kappa shape index (κ3) is 4.92. The van der Waals surface area contributed by atoms with Crippen molar-refractivity contribution in [3.63, 3.8) is 0 Å². The summed E-state index contributed by atoms with van der Waals surface area (Å²) >= 11 is 5.89. The van der Waals surface area contributed by atoms with Gasteiger partial charge in [-0.1, -0.05) is 17.7 Å². The Morgan fingerprint density at radius 3 is 2.62 bits per heavy atom. The van der Waals surface area contributed by atoms with Crippen LogP contribution >= 0.6 is 11.6 Å². The molecule has 0 aliphatic carbocycles. The molecule has 1 aromatic carbocycles. The van der Waals surface area contributed by atoms with E-state index in [1.54, 1.807) is 25.1 Å². The first-order valence-electron chi connectivity index (χ1n) is 7.21. The number of halogens is 1. The van der Waals surface area contributed by atoms with Gasteiger partial charge in [-0.05, 0) is 31.0 Å². The van der Waals surface area contributed by atoms with E-state index in [0.29, 0.717) is 10.7 Å². The van der Waals surface area contributed by atoms with Gasteiger partial charge < -0.3 is 5.32 Å². The maximum atomic E-state index is 12.2. The molecule has 7 nitrogen and oxygen atoms in total. The Kier molecular flexibility index (Phi) is 5.58. The number of hydrogen-bond acceptors (Lipinski definition) is 5. The zero-order valence-corrected chi connectivity index (χ0v) is 15.7. The quantitative estimate of drug-likeness (QED) is 0.804. The number of nitrogens with one attached hydrogen (secondary N) is 1. The first-order chi connectivity index (χ1) is 11.0. The molecule has 0 saturated carbocycles. The van der Waals surface area contributed by atoms with Gasteiger partial charge in [0.1, 0.15) is 0 Å². The summed E-state index contributed by atoms with van der Waals surface area (Å²) < 4.78 is 48.1. The third-order valence-electron chi connectivity index (χ3n) is 3.81. The Bertz CT molecular complexity index is 852. The van der Waals surface area contributed by atoms with Crippen LogP contribution in [-0.4, -0.2) is 57.4 Å². The smallest absolute Gasteiger partial charge is 0.239 e. The van der Waals surface area contributed by atoms with Crippen molar-refractivity contribution in [2.45, 2.75) is 19.4 Å². The molecule has 0 aromatic heterocycles. The number of rotatable bonds is 5. The second-order valence-electron chi connectivity index (χ2n) is 5.87. The fourth-order valence-corrected chi connectivity index (χ4v) is 5.65. The predicted molar refractivity (Wildman–Crippen MR) is 93.4 cm³/mol. The lowest BCUT2D eigenvalue weighted by Gasteiger charge is -2.25. The monoisotopic (exact) mass is 394 g/mol. The molecule has 1 amide bonds. The molecule has 10 heteroatoms. The van der Waals surface area contributed by atoms with Crippen LogP contribution in [0.1, 0.15) is 12.0 Å². The van der Waals surface area contributed by atoms with Crippen LogP contribution < -0.4 is 5.32 Å². The molecule has 0 radical (unpaired) electrons. The van der Waals surface area contributed by atoms with Crippen molar-refractivity contribution in [2.24, 2.45) is 0 Å². The highest BCUT2D eigenvalue weighted by atomic mass is 35.5. The van der Waals surface area contributed by atoms with Crippen molar-refractivity contribution in [1.82, 2.24) is 4.31 Å². The van der Waals surface area contributed by atoms with Crippen LogP contribution in [0.25, 0.3) is 0 Å². The lowest BCUT2D eigenvalue weighted by atomic mass is 10.2. The molecule has 134 valence electrons. The van der Waals surface area contributed by atoms with Gasteiger partial charge in [0.2, 0.25) is 15.9 Å². The summed E-state index contributed by atoms with van der Waals surface area (Å²) in [6.45, 7) is 1.34. The van der Waals surface area contributed by atoms with Crippen molar-refractivity contribution in [3.05, 3.63) is 28.8 Å². The summed E-state index contributed by atoms with van der Waals surface area (Å²) in [5.41, 5.74) is 1.27. The number of carbonyl (C=O) groups excluding carboxylic acids is 1. The second kappa shape index (κ2) is 6.99. The number of amides is 1. The Morgan fingerprint density at radius 2 is 2.08 bits per heavy atom. The zero-order chi connectivity index (χ0) is 18.1. The SMILES string of the molecule is Cc1ccc(Cl)cc1NC(=O)CN(C1CCS(=O)(=O)C1)S(C)(=O)=O. The first-order valence-corrected chi connectivity index (χ1v) is 11.3. The fourth-order valence-electron chi connectivity index (χ4n) is 2.58. The number of sulfonamides is 1. The van der Waals surface area contributed by atoms with Crippen LogP contribution in [0.15, 0.2) is 18.2 Å². The maximum absolute atomic E-state index is 12.2. The lowest BCUT2D eigenvalue weighted by Crippen LogP contribution is -2.44. The van der Waals surface area contributed by atoms with Crippen LogP contribution in [0.2, 0.25) is 5.02 Å². The van der Waals surface area contributed by atoms with Crippen molar-refractivity contribution >= 4 is 43.1 Å². The highest BCUT2D eigenvalue weighted by Crippen LogP contribution is 2.22. The third-order valence-corrected chi connectivity index (χ3v) is 7.08. The molecule has 0 bridgehead atoms. The minimum atomic E-state index is -3.72. The van der Waals surface area contributed by atoms with Crippen molar-refractivity contribution in [2.75, 3.05) is 29.6 Å².